The van der Waals surface area contributed by atoms with Crippen LogP contribution in [0.15, 0.2) is 42.6 Å². The lowest BCUT2D eigenvalue weighted by Gasteiger charge is -2.09. The Morgan fingerprint density at radius 2 is 2.18 bits per heavy atom. The average Bonchev–Trinajstić information content (AvgIpc) is 3.24. The zero-order chi connectivity index (χ0) is 20.1. The second-order valence-corrected chi connectivity index (χ2v) is 7.02. The predicted octanol–water partition coefficient (Wildman–Crippen LogP) is 4.18. The lowest BCUT2D eigenvalue weighted by atomic mass is 10.1. The summed E-state index contributed by atoms with van der Waals surface area (Å²) in [7, 11) is 0. The fourth-order valence-electron chi connectivity index (χ4n) is 3.61. The van der Waals surface area contributed by atoms with Crippen molar-refractivity contribution in [2.45, 2.75) is 45.8 Å². The molecule has 28 heavy (non-hydrogen) atoms. The average molecular weight is 378 g/mol. The third-order valence-corrected chi connectivity index (χ3v) is 4.65. The van der Waals surface area contributed by atoms with Crippen LogP contribution >= 0.6 is 0 Å². The van der Waals surface area contributed by atoms with E-state index >= 15 is 0 Å². The summed E-state index contributed by atoms with van der Waals surface area (Å²) in [5.74, 6) is 0. The second-order valence-electron chi connectivity index (χ2n) is 7.02. The van der Waals surface area contributed by atoms with Gasteiger partial charge < -0.3 is 15.0 Å². The number of ether oxygens (including phenoxy) is 1. The van der Waals surface area contributed by atoms with Crippen molar-refractivity contribution < 1.29 is 11.0 Å². The van der Waals surface area contributed by atoms with Gasteiger partial charge in [0.2, 0.25) is 0 Å². The molecule has 146 valence electrons. The van der Waals surface area contributed by atoms with Crippen LogP contribution in [0, 0.1) is 11.3 Å². The first-order valence-electron chi connectivity index (χ1n) is 9.39. The van der Waals surface area contributed by atoms with Gasteiger partial charge in [-0.2, -0.15) is 5.26 Å². The summed E-state index contributed by atoms with van der Waals surface area (Å²) in [6.45, 7) is 4.29. The number of carbonyl (C=O) groups is 1. The molecule has 0 saturated heterocycles. The number of nitriles is 1. The molecule has 1 amide bonds. The van der Waals surface area contributed by atoms with Crippen molar-refractivity contribution in [3.63, 3.8) is 0 Å². The largest absolute Gasteiger partial charge is 0.447 e. The Bertz CT molecular complexity index is 1020. The van der Waals surface area contributed by atoms with Crippen LogP contribution in [0.1, 0.15) is 44.2 Å². The van der Waals surface area contributed by atoms with Gasteiger partial charge in [0.25, 0.3) is 0 Å². The zero-order valence-electron chi connectivity index (χ0n) is 16.2. The fourth-order valence-corrected chi connectivity index (χ4v) is 3.61. The molecule has 0 bridgehead atoms. The van der Waals surface area contributed by atoms with E-state index in [9.17, 15) is 4.79 Å². The third-order valence-electron chi connectivity index (χ3n) is 4.65. The number of primary amides is 1. The van der Waals surface area contributed by atoms with Crippen molar-refractivity contribution in [2.24, 2.45) is 5.73 Å². The van der Waals surface area contributed by atoms with Crippen LogP contribution in [0.4, 0.5) is 4.79 Å². The SMILES string of the molecule is CC(C)OC(N)=O.N#Cc1ccc2c(c1)c1c(n2Cc2ccccn2)CCC1.[HH]. The van der Waals surface area contributed by atoms with E-state index in [-0.39, 0.29) is 7.53 Å². The topological polar surface area (TPSA) is 93.9 Å². The molecular weight excluding hydrogens is 352 g/mol. The highest BCUT2D eigenvalue weighted by atomic mass is 16.6. The molecule has 0 unspecified atom stereocenters. The summed E-state index contributed by atoms with van der Waals surface area (Å²) in [6.07, 6.45) is 4.48. The van der Waals surface area contributed by atoms with Gasteiger partial charge >= 0.3 is 6.09 Å². The molecule has 0 radical (unpaired) electrons. The molecule has 2 aromatic heterocycles. The number of fused-ring (bicyclic) bond motifs is 3. The summed E-state index contributed by atoms with van der Waals surface area (Å²) in [4.78, 5) is 14.3. The lowest BCUT2D eigenvalue weighted by molar-refractivity contribution is 0.125. The van der Waals surface area contributed by atoms with E-state index in [0.717, 1.165) is 30.6 Å². The van der Waals surface area contributed by atoms with E-state index in [1.807, 2.05) is 30.5 Å². The van der Waals surface area contributed by atoms with E-state index in [1.165, 1.54) is 28.6 Å². The maximum atomic E-state index is 9.81. The van der Waals surface area contributed by atoms with Crippen LogP contribution in [0.5, 0.6) is 0 Å². The van der Waals surface area contributed by atoms with E-state index in [1.54, 1.807) is 13.8 Å². The van der Waals surface area contributed by atoms with Gasteiger partial charge in [-0.05, 0) is 69.0 Å². The molecule has 1 aliphatic carbocycles. The van der Waals surface area contributed by atoms with Gasteiger partial charge in [0.05, 0.1) is 30.0 Å². The summed E-state index contributed by atoms with van der Waals surface area (Å²) in [5.41, 5.74) is 10.5. The minimum Gasteiger partial charge on any atom is -0.447 e. The number of amides is 1. The van der Waals surface area contributed by atoms with Crippen molar-refractivity contribution >= 4 is 17.0 Å². The molecule has 1 aliphatic rings. The number of pyridine rings is 1. The van der Waals surface area contributed by atoms with Crippen LogP contribution in [0.2, 0.25) is 0 Å². The van der Waals surface area contributed by atoms with Crippen molar-refractivity contribution in [1.82, 2.24) is 9.55 Å². The van der Waals surface area contributed by atoms with Crippen molar-refractivity contribution in [1.29, 1.82) is 5.26 Å². The minimum atomic E-state index is -0.713. The number of hydrogen-bond donors (Lipinski definition) is 1. The van der Waals surface area contributed by atoms with E-state index < -0.39 is 6.09 Å². The summed E-state index contributed by atoms with van der Waals surface area (Å²) in [5, 5.41) is 10.4. The third kappa shape index (κ3) is 4.32. The van der Waals surface area contributed by atoms with Crippen LogP contribution in [0.3, 0.4) is 0 Å². The van der Waals surface area contributed by atoms with E-state index in [2.05, 4.69) is 38.2 Å². The van der Waals surface area contributed by atoms with Crippen molar-refractivity contribution in [3.8, 4) is 6.07 Å². The molecule has 0 saturated carbocycles. The van der Waals surface area contributed by atoms with Crippen molar-refractivity contribution in [3.05, 3.63) is 65.1 Å². The summed E-state index contributed by atoms with van der Waals surface area (Å²) < 4.78 is 6.77. The maximum absolute atomic E-state index is 9.81. The molecule has 2 heterocycles. The van der Waals surface area contributed by atoms with Crippen LogP contribution in [0.25, 0.3) is 10.9 Å². The Hall–Kier alpha value is -3.33. The molecule has 6 nitrogen and oxygen atoms in total. The molecule has 0 aliphatic heterocycles. The number of rotatable bonds is 3. The monoisotopic (exact) mass is 378 g/mol. The number of aromatic nitrogens is 2. The van der Waals surface area contributed by atoms with Crippen LogP contribution < -0.4 is 5.73 Å². The molecular formula is C22H26N4O2. The smallest absolute Gasteiger partial charge is 0.404 e. The number of nitrogens with zero attached hydrogens (tertiary/aromatic N) is 3. The lowest BCUT2D eigenvalue weighted by Crippen LogP contribution is -2.17. The Balaban J connectivity index is 0.000000327. The fraction of sp³-hybridized carbons (Fsp3) is 0.318. The number of aryl methyl sites for hydroxylation is 1. The van der Waals surface area contributed by atoms with Gasteiger partial charge in [-0.1, -0.05) is 6.07 Å². The number of benzene rings is 1. The quantitative estimate of drug-likeness (QED) is 0.740. The molecule has 2 N–H and O–H groups in total. The first-order chi connectivity index (χ1) is 13.5. The van der Waals surface area contributed by atoms with Crippen LogP contribution in [-0.4, -0.2) is 21.7 Å². The van der Waals surface area contributed by atoms with Gasteiger partial charge in [-0.15, -0.1) is 0 Å². The Kier molecular flexibility index (Phi) is 5.95. The standard InChI is InChI=1S/C18H15N3.C4H9NO2.H2/c19-11-13-7-8-18-16(10-13)15-5-3-6-17(15)21(18)12-14-4-1-2-9-20-14;1-3(2)7-4(5)6;/h1-2,4,7-10H,3,5-6,12H2;3H,1-2H3,(H2,5,6);1H. The van der Waals surface area contributed by atoms with Gasteiger partial charge in [0.15, 0.2) is 0 Å². The molecule has 0 fully saturated rings. The molecule has 1 aromatic carbocycles. The highest BCUT2D eigenvalue weighted by Crippen LogP contribution is 2.34. The molecule has 6 heteroatoms. The van der Waals surface area contributed by atoms with Gasteiger partial charge in [0, 0.05) is 24.2 Å². The number of nitrogens with two attached hydrogens (primary N) is 1. The summed E-state index contributed by atoms with van der Waals surface area (Å²) >= 11 is 0. The predicted molar refractivity (Wildman–Crippen MR) is 110 cm³/mol. The molecule has 0 atom stereocenters. The number of carbonyl (C=O) groups excluding carboxylic acids is 1. The highest BCUT2D eigenvalue weighted by molar-refractivity contribution is 5.87. The molecule has 0 spiro atoms. The van der Waals surface area contributed by atoms with Gasteiger partial charge in [-0.25, -0.2) is 4.79 Å². The Morgan fingerprint density at radius 1 is 1.36 bits per heavy atom. The first-order valence-corrected chi connectivity index (χ1v) is 9.39. The summed E-state index contributed by atoms with van der Waals surface area (Å²) in [6, 6.07) is 14.3. The molecule has 4 rings (SSSR count). The maximum Gasteiger partial charge on any atom is 0.404 e. The van der Waals surface area contributed by atoms with E-state index in [0.29, 0.717) is 0 Å². The normalized spacial score (nSPS) is 12.2. The van der Waals surface area contributed by atoms with Crippen LogP contribution in [-0.2, 0) is 24.1 Å². The first kappa shape index (κ1) is 19.4. The second kappa shape index (κ2) is 8.57. The van der Waals surface area contributed by atoms with E-state index in [4.69, 9.17) is 5.26 Å². The zero-order valence-corrected chi connectivity index (χ0v) is 16.2. The van der Waals surface area contributed by atoms with Gasteiger partial charge in [-0.3, -0.25) is 4.98 Å². The Morgan fingerprint density at radius 3 is 2.79 bits per heavy atom. The van der Waals surface area contributed by atoms with Crippen molar-refractivity contribution in [2.75, 3.05) is 0 Å². The minimum absolute atomic E-state index is 0. The number of hydrogen-bond acceptors (Lipinski definition) is 4. The molecule has 3 aromatic rings. The Labute approximate surface area is 166 Å². The van der Waals surface area contributed by atoms with Gasteiger partial charge in [0.1, 0.15) is 0 Å². The highest BCUT2D eigenvalue weighted by Gasteiger charge is 2.21.